The average Bonchev–Trinajstić information content (AvgIpc) is 1.19. The molecular formula is CH32Mg2O19S. The molecule has 0 aliphatic carbocycles. The molecule has 23 heavy (non-hydrogen) atoms. The Hall–Kier alpha value is 0.192. The fourth-order valence-corrected chi connectivity index (χ4v) is 0. The Morgan fingerprint density at radius 2 is 0.522 bits per heavy atom. The highest BCUT2D eigenvalue weighted by atomic mass is 32.3. The van der Waals surface area contributed by atoms with E-state index in [0.717, 1.165) is 0 Å². The van der Waals surface area contributed by atoms with Gasteiger partial charge in [0.25, 0.3) is 0 Å². The number of hydrogen-bond acceptors (Lipinski definition) is 3. The summed E-state index contributed by atoms with van der Waals surface area (Å²) in [4.78, 5) is 8.56. The molecule has 28 N–H and O–H groups in total. The van der Waals surface area contributed by atoms with E-state index in [9.17, 15) is 0 Å². The van der Waals surface area contributed by atoms with E-state index in [1.807, 2.05) is 0 Å². The van der Waals surface area contributed by atoms with Gasteiger partial charge in [0.1, 0.15) is 0 Å². The molecule has 22 heteroatoms. The molecule has 0 aromatic heterocycles. The summed E-state index contributed by atoms with van der Waals surface area (Å²) in [6.45, 7) is 0. The van der Waals surface area contributed by atoms with Crippen LogP contribution in [0.25, 0.3) is 0 Å². The van der Waals surface area contributed by atoms with Crippen molar-refractivity contribution in [3.8, 4) is 0 Å². The van der Waals surface area contributed by atoms with E-state index in [1.54, 1.807) is 0 Å². The molecule has 0 radical (unpaired) electrons. The van der Waals surface area contributed by atoms with Crippen molar-refractivity contribution >= 4 is 62.7 Å². The van der Waals surface area contributed by atoms with Crippen molar-refractivity contribution in [1.82, 2.24) is 0 Å². The minimum atomic E-state index is -4.67. The van der Waals surface area contributed by atoms with Gasteiger partial charge in [0, 0.05) is 0 Å². The fourth-order valence-electron chi connectivity index (χ4n) is 0. The van der Waals surface area contributed by atoms with Crippen molar-refractivity contribution in [2.24, 2.45) is 0 Å². The molecule has 0 saturated carbocycles. The molecule has 0 fully saturated rings. The maximum Gasteiger partial charge on any atom is 0.503 e. The first-order chi connectivity index (χ1) is 3.73. The smallest absolute Gasteiger partial charge is 0.450 e. The van der Waals surface area contributed by atoms with Crippen LogP contribution in [0.3, 0.4) is 0 Å². The Balaban J connectivity index is -0.00000000190. The van der Waals surface area contributed by atoms with E-state index in [1.165, 1.54) is 0 Å². The van der Waals surface area contributed by atoms with Gasteiger partial charge >= 0.3 is 62.7 Å². The van der Waals surface area contributed by atoms with Crippen molar-refractivity contribution in [2.45, 2.75) is 0 Å². The quantitative estimate of drug-likeness (QED) is 0.212. The van der Waals surface area contributed by atoms with Gasteiger partial charge in [0.15, 0.2) is 0 Å². The topological polar surface area (TPSA) is 510 Å². The van der Waals surface area contributed by atoms with Gasteiger partial charge in [-0.3, -0.25) is 9.11 Å². The van der Waals surface area contributed by atoms with Crippen molar-refractivity contribution in [3.05, 3.63) is 0 Å². The van der Waals surface area contributed by atoms with Gasteiger partial charge in [-0.25, -0.2) is 4.79 Å². The van der Waals surface area contributed by atoms with E-state index in [-0.39, 0.29) is 112 Å². The molecule has 0 aromatic carbocycles. The van der Waals surface area contributed by atoms with Crippen LogP contribution in [-0.4, -0.2) is 146 Å². The highest BCUT2D eigenvalue weighted by Crippen LogP contribution is 1.59. The zero-order valence-electron chi connectivity index (χ0n) is 9.92. The van der Waals surface area contributed by atoms with Crippen LogP contribution in [0.5, 0.6) is 0 Å². The monoisotopic (exact) mass is 428 g/mol. The lowest BCUT2D eigenvalue weighted by Crippen LogP contribution is -1.89. The Kier molecular flexibility index (Phi) is 1130. The lowest BCUT2D eigenvalue weighted by atomic mass is 11.5. The molecule has 0 saturated heterocycles. The molecule has 160 valence electrons. The minimum absolute atomic E-state index is 0. The van der Waals surface area contributed by atoms with Gasteiger partial charge < -0.3 is 75.9 Å². The lowest BCUT2D eigenvalue weighted by Gasteiger charge is -1.68. The van der Waals surface area contributed by atoms with Gasteiger partial charge in [-0.1, -0.05) is 0 Å². The van der Waals surface area contributed by atoms with Crippen LogP contribution in [0.1, 0.15) is 0 Å². The Morgan fingerprint density at radius 3 is 0.522 bits per heavy atom. The molecule has 0 amide bonds. The third kappa shape index (κ3) is 244000. The van der Waals surface area contributed by atoms with E-state index in [4.69, 9.17) is 32.5 Å². The van der Waals surface area contributed by atoms with Crippen LogP contribution >= 0.6 is 0 Å². The standard InChI is InChI=1S/CH2O3.2Mg.H2O4S.12H2O.4H/c2-1(3)4;;;1-5(2,3)4;;;;;;;;;;;;;;;;/h(H2,2,3,4);;;(H2,1,2,3,4);12*1H2;;;;. The molecule has 0 aromatic rings. The molecule has 0 unspecified atom stereocenters. The molecule has 0 aliphatic heterocycles. The van der Waals surface area contributed by atoms with Gasteiger partial charge in [-0.2, -0.15) is 8.42 Å². The van der Waals surface area contributed by atoms with Gasteiger partial charge in [0.2, 0.25) is 0 Å². The van der Waals surface area contributed by atoms with Crippen molar-refractivity contribution in [1.29, 1.82) is 0 Å². The van der Waals surface area contributed by atoms with E-state index in [2.05, 4.69) is 0 Å². The Labute approximate surface area is 160 Å². The summed E-state index contributed by atoms with van der Waals surface area (Å²) < 4.78 is 31.6. The first-order valence-corrected chi connectivity index (χ1v) is 2.75. The fraction of sp³-hybridized carbons (Fsp3) is 0. The number of carboxylic acid groups (broad SMARTS) is 2. The predicted octanol–water partition coefficient (Wildman–Crippen LogP) is -12.2. The second kappa shape index (κ2) is 118. The average molecular weight is 429 g/mol. The van der Waals surface area contributed by atoms with Gasteiger partial charge in [-0.15, -0.1) is 0 Å². The van der Waals surface area contributed by atoms with Crippen molar-refractivity contribution in [2.75, 3.05) is 0 Å². The number of carbonyl (C=O) groups is 1. The second-order valence-corrected chi connectivity index (χ2v) is 1.63. The normalized spacial score (nSPS) is 3.57. The molecule has 0 bridgehead atoms. The summed E-state index contributed by atoms with van der Waals surface area (Å²) in [6, 6.07) is 0. The zero-order valence-corrected chi connectivity index (χ0v) is 10.7. The molecule has 19 nitrogen and oxygen atoms in total. The van der Waals surface area contributed by atoms with Crippen LogP contribution < -0.4 is 0 Å². The molecule has 0 heterocycles. The largest absolute Gasteiger partial charge is 0.503 e. The first kappa shape index (κ1) is 221. The molecule has 0 rings (SSSR count). The summed E-state index contributed by atoms with van der Waals surface area (Å²) in [7, 11) is -4.67. The summed E-state index contributed by atoms with van der Waals surface area (Å²) in [5.41, 5.74) is 0. The summed E-state index contributed by atoms with van der Waals surface area (Å²) in [6.07, 6.45) is -1.83. The maximum atomic E-state index is 8.74. The summed E-state index contributed by atoms with van der Waals surface area (Å²) in [5, 5.41) is 13.9. The van der Waals surface area contributed by atoms with Crippen LogP contribution in [0, 0.1) is 0 Å². The Bertz CT molecular complexity index is 164. The number of hydrogen-bond donors (Lipinski definition) is 4. The van der Waals surface area contributed by atoms with E-state index >= 15 is 0 Å². The molecular weight excluding hydrogens is 397 g/mol. The summed E-state index contributed by atoms with van der Waals surface area (Å²) in [5.74, 6) is 0. The maximum absolute atomic E-state index is 8.74. The highest BCUT2D eigenvalue weighted by molar-refractivity contribution is 7.79. The van der Waals surface area contributed by atoms with Gasteiger partial charge in [-0.05, 0) is 0 Å². The van der Waals surface area contributed by atoms with Crippen LogP contribution in [0.2, 0.25) is 0 Å². The lowest BCUT2D eigenvalue weighted by molar-refractivity contribution is 0.137. The third-order valence-electron chi connectivity index (χ3n) is 0. The van der Waals surface area contributed by atoms with E-state index < -0.39 is 16.6 Å². The molecule has 0 aliphatic rings. The predicted molar refractivity (Wildman–Crippen MR) is 85.3 cm³/mol. The SMILES string of the molecule is O.O.O.O.O.O.O.O.O.O.O.O.O=C(O)O.O=S(=O)(O)O.[MgH2].[MgH2]. The van der Waals surface area contributed by atoms with Crippen LogP contribution in [0.15, 0.2) is 0 Å². The second-order valence-electron chi connectivity index (χ2n) is 0.730. The molecule has 0 atom stereocenters. The van der Waals surface area contributed by atoms with Crippen LogP contribution in [-0.2, 0) is 10.4 Å². The van der Waals surface area contributed by atoms with E-state index in [0.29, 0.717) is 0 Å². The molecule has 0 spiro atoms. The Morgan fingerprint density at radius 1 is 0.522 bits per heavy atom. The summed E-state index contributed by atoms with van der Waals surface area (Å²) >= 11 is 0. The minimum Gasteiger partial charge on any atom is -0.450 e. The first-order valence-electron chi connectivity index (χ1n) is 1.35. The highest BCUT2D eigenvalue weighted by Gasteiger charge is 1.84. The van der Waals surface area contributed by atoms with Gasteiger partial charge in [0.05, 0.1) is 0 Å². The zero-order chi connectivity index (χ0) is 8.08. The van der Waals surface area contributed by atoms with Crippen molar-refractivity contribution < 1.29 is 98.2 Å². The van der Waals surface area contributed by atoms with Crippen molar-refractivity contribution in [3.63, 3.8) is 0 Å². The number of rotatable bonds is 0. The third-order valence-corrected chi connectivity index (χ3v) is 0. The van der Waals surface area contributed by atoms with Crippen LogP contribution in [0.4, 0.5) is 4.79 Å².